The second-order valence-corrected chi connectivity index (χ2v) is 7.67. The van der Waals surface area contributed by atoms with Crippen LogP contribution in [0, 0.1) is 5.92 Å². The zero-order valence-electron chi connectivity index (χ0n) is 17.7. The lowest BCUT2D eigenvalue weighted by molar-refractivity contribution is -0.160. The van der Waals surface area contributed by atoms with Gasteiger partial charge in [-0.1, -0.05) is 65.2 Å². The molecule has 2 atom stereocenters. The highest BCUT2D eigenvalue weighted by Crippen LogP contribution is 2.11. The minimum atomic E-state index is -0.392. The zero-order chi connectivity index (χ0) is 19.8. The second kappa shape index (κ2) is 16.1. The topological polar surface area (TPSA) is 55.8 Å². The molecule has 0 aromatic heterocycles. The van der Waals surface area contributed by atoms with Crippen molar-refractivity contribution in [2.75, 3.05) is 27.2 Å². The molecule has 5 heteroatoms. The van der Waals surface area contributed by atoms with Crippen LogP contribution in [0.3, 0.4) is 0 Å². The minimum absolute atomic E-state index is 0.125. The highest BCUT2D eigenvalue weighted by atomic mass is 16.6. The summed E-state index contributed by atoms with van der Waals surface area (Å²) in [6, 6.07) is 0. The minimum Gasteiger partial charge on any atom is -0.462 e. The van der Waals surface area contributed by atoms with E-state index in [-0.39, 0.29) is 24.5 Å². The van der Waals surface area contributed by atoms with Gasteiger partial charge in [-0.2, -0.15) is 0 Å². The van der Waals surface area contributed by atoms with E-state index in [9.17, 15) is 9.59 Å². The first kappa shape index (κ1) is 24.9. The van der Waals surface area contributed by atoms with Gasteiger partial charge in [0, 0.05) is 13.0 Å². The maximum atomic E-state index is 11.8. The fourth-order valence-corrected chi connectivity index (χ4v) is 2.86. The van der Waals surface area contributed by atoms with Crippen LogP contribution in [-0.2, 0) is 19.1 Å². The van der Waals surface area contributed by atoms with Gasteiger partial charge in [0.05, 0.1) is 5.92 Å². The molecule has 0 saturated heterocycles. The molecular weight excluding hydrogens is 330 g/mol. The molecule has 154 valence electrons. The largest absolute Gasteiger partial charge is 0.462 e. The summed E-state index contributed by atoms with van der Waals surface area (Å²) in [5.41, 5.74) is 0. The second-order valence-electron chi connectivity index (χ2n) is 7.67. The molecule has 0 rings (SSSR count). The van der Waals surface area contributed by atoms with Crippen LogP contribution < -0.4 is 0 Å². The van der Waals surface area contributed by atoms with E-state index >= 15 is 0 Å². The van der Waals surface area contributed by atoms with Crippen LogP contribution in [0.4, 0.5) is 0 Å². The standard InChI is InChI=1S/C21H41NO4/c1-6-7-8-9-10-11-12-13-14-15-20(23)26-19(3)17-25-21(24)18(2)16-22(4)5/h18-19H,6-17H2,1-5H3. The third-order valence-electron chi connectivity index (χ3n) is 4.32. The normalized spacial score (nSPS) is 13.5. The lowest BCUT2D eigenvalue weighted by Crippen LogP contribution is -2.29. The number of unbranched alkanes of at least 4 members (excludes halogenated alkanes) is 8. The van der Waals surface area contributed by atoms with Crippen LogP contribution in [0.5, 0.6) is 0 Å². The lowest BCUT2D eigenvalue weighted by atomic mass is 10.1. The molecule has 0 aromatic carbocycles. The number of hydrogen-bond acceptors (Lipinski definition) is 5. The summed E-state index contributed by atoms with van der Waals surface area (Å²) in [5.74, 6) is -0.631. The first-order valence-corrected chi connectivity index (χ1v) is 10.4. The zero-order valence-corrected chi connectivity index (χ0v) is 17.7. The Bertz CT molecular complexity index is 371. The van der Waals surface area contributed by atoms with Gasteiger partial charge >= 0.3 is 11.9 Å². The van der Waals surface area contributed by atoms with E-state index in [2.05, 4.69) is 6.92 Å². The molecule has 0 amide bonds. The van der Waals surface area contributed by atoms with Crippen molar-refractivity contribution in [1.29, 1.82) is 0 Å². The van der Waals surface area contributed by atoms with Crippen molar-refractivity contribution in [2.45, 2.75) is 91.1 Å². The molecule has 0 bridgehead atoms. The molecule has 0 heterocycles. The first-order chi connectivity index (χ1) is 12.4. The van der Waals surface area contributed by atoms with Crippen LogP contribution in [0.25, 0.3) is 0 Å². The summed E-state index contributed by atoms with van der Waals surface area (Å²) in [6.45, 7) is 6.60. The summed E-state index contributed by atoms with van der Waals surface area (Å²) in [4.78, 5) is 25.6. The van der Waals surface area contributed by atoms with Crippen molar-refractivity contribution in [3.05, 3.63) is 0 Å². The van der Waals surface area contributed by atoms with E-state index in [1.54, 1.807) is 6.92 Å². The summed E-state index contributed by atoms with van der Waals surface area (Å²) < 4.78 is 10.5. The van der Waals surface area contributed by atoms with Gasteiger partial charge in [-0.3, -0.25) is 9.59 Å². The fourth-order valence-electron chi connectivity index (χ4n) is 2.86. The Morgan fingerprint density at radius 1 is 0.885 bits per heavy atom. The Labute approximate surface area is 160 Å². The van der Waals surface area contributed by atoms with Crippen LogP contribution >= 0.6 is 0 Å². The maximum Gasteiger partial charge on any atom is 0.310 e. The molecule has 0 radical (unpaired) electrons. The Hall–Kier alpha value is -1.10. The molecule has 0 saturated carbocycles. The summed E-state index contributed by atoms with van der Waals surface area (Å²) in [7, 11) is 3.83. The van der Waals surface area contributed by atoms with Crippen LogP contribution in [0.2, 0.25) is 0 Å². The van der Waals surface area contributed by atoms with Gasteiger partial charge in [-0.15, -0.1) is 0 Å². The van der Waals surface area contributed by atoms with Gasteiger partial charge in [-0.25, -0.2) is 0 Å². The van der Waals surface area contributed by atoms with Crippen molar-refractivity contribution in [3.63, 3.8) is 0 Å². The molecule has 2 unspecified atom stereocenters. The fraction of sp³-hybridized carbons (Fsp3) is 0.905. The number of ether oxygens (including phenoxy) is 2. The van der Waals surface area contributed by atoms with Crippen molar-refractivity contribution in [1.82, 2.24) is 4.90 Å². The quantitative estimate of drug-likeness (QED) is 0.294. The number of nitrogens with zero attached hydrogens (tertiary/aromatic N) is 1. The van der Waals surface area contributed by atoms with E-state index in [0.717, 1.165) is 12.8 Å². The Morgan fingerprint density at radius 2 is 1.42 bits per heavy atom. The van der Waals surface area contributed by atoms with E-state index in [1.165, 1.54) is 44.9 Å². The molecule has 26 heavy (non-hydrogen) atoms. The number of hydrogen-bond donors (Lipinski definition) is 0. The molecule has 0 N–H and O–H groups in total. The van der Waals surface area contributed by atoms with Crippen molar-refractivity contribution >= 4 is 11.9 Å². The number of carbonyl (C=O) groups excluding carboxylic acids is 2. The Balaban J connectivity index is 3.63. The van der Waals surface area contributed by atoms with Gasteiger partial charge in [0.1, 0.15) is 12.7 Å². The van der Waals surface area contributed by atoms with E-state index in [0.29, 0.717) is 13.0 Å². The van der Waals surface area contributed by atoms with Gasteiger partial charge in [-0.05, 0) is 27.4 Å². The highest BCUT2D eigenvalue weighted by Gasteiger charge is 2.17. The van der Waals surface area contributed by atoms with E-state index < -0.39 is 6.10 Å². The first-order valence-electron chi connectivity index (χ1n) is 10.4. The monoisotopic (exact) mass is 371 g/mol. The van der Waals surface area contributed by atoms with Crippen molar-refractivity contribution < 1.29 is 19.1 Å². The van der Waals surface area contributed by atoms with Crippen LogP contribution in [-0.4, -0.2) is 50.2 Å². The predicted octanol–water partition coefficient (Wildman–Crippen LogP) is 4.58. The van der Waals surface area contributed by atoms with E-state index in [4.69, 9.17) is 9.47 Å². The average Bonchev–Trinajstić information content (AvgIpc) is 2.57. The Kier molecular flexibility index (Phi) is 15.4. The molecule has 0 aliphatic rings. The molecule has 0 aliphatic heterocycles. The number of rotatable bonds is 16. The average molecular weight is 372 g/mol. The SMILES string of the molecule is CCCCCCCCCCCC(=O)OC(C)COC(=O)C(C)CN(C)C. The smallest absolute Gasteiger partial charge is 0.310 e. The summed E-state index contributed by atoms with van der Waals surface area (Å²) in [6.07, 6.45) is 11.1. The van der Waals surface area contributed by atoms with Gasteiger partial charge in [0.15, 0.2) is 0 Å². The maximum absolute atomic E-state index is 11.8. The third-order valence-corrected chi connectivity index (χ3v) is 4.32. The molecule has 0 fully saturated rings. The van der Waals surface area contributed by atoms with Crippen LogP contribution in [0.15, 0.2) is 0 Å². The van der Waals surface area contributed by atoms with Crippen LogP contribution in [0.1, 0.15) is 85.0 Å². The summed E-state index contributed by atoms with van der Waals surface area (Å²) in [5, 5.41) is 0. The Morgan fingerprint density at radius 3 is 1.96 bits per heavy atom. The molecule has 5 nitrogen and oxygen atoms in total. The van der Waals surface area contributed by atoms with E-state index in [1.807, 2.05) is 25.9 Å². The molecule has 0 spiro atoms. The van der Waals surface area contributed by atoms with Gasteiger partial charge in [0.2, 0.25) is 0 Å². The number of esters is 2. The van der Waals surface area contributed by atoms with Gasteiger partial charge < -0.3 is 14.4 Å². The summed E-state index contributed by atoms with van der Waals surface area (Å²) >= 11 is 0. The third kappa shape index (κ3) is 15.2. The molecule has 0 aliphatic carbocycles. The van der Waals surface area contributed by atoms with Crippen molar-refractivity contribution in [3.8, 4) is 0 Å². The highest BCUT2D eigenvalue weighted by molar-refractivity contribution is 5.72. The molecule has 0 aromatic rings. The molecular formula is C21H41NO4. The van der Waals surface area contributed by atoms with Gasteiger partial charge in [0.25, 0.3) is 0 Å². The van der Waals surface area contributed by atoms with Crippen molar-refractivity contribution in [2.24, 2.45) is 5.92 Å². The number of carbonyl (C=O) groups is 2. The predicted molar refractivity (Wildman–Crippen MR) is 106 cm³/mol. The lowest BCUT2D eigenvalue weighted by Gasteiger charge is -2.18.